The quantitative estimate of drug-likeness (QED) is 0.677. The van der Waals surface area contributed by atoms with Crippen molar-refractivity contribution in [1.29, 1.82) is 0 Å². The maximum Gasteiger partial charge on any atom is 0.0599 e. The van der Waals surface area contributed by atoms with Crippen LogP contribution in [0, 0.1) is 0 Å². The topological polar surface area (TPSA) is 3.24 Å². The molecule has 106 valence electrons. The van der Waals surface area contributed by atoms with E-state index in [0.717, 1.165) is 16.6 Å². The van der Waals surface area contributed by atoms with Crippen LogP contribution >= 0.6 is 34.8 Å². The average molecular weight is 329 g/mol. The fourth-order valence-electron chi connectivity index (χ4n) is 2.25. The molecule has 1 nitrogen and oxygen atoms in total. The molecule has 0 saturated carbocycles. The molecule has 0 saturated heterocycles. The summed E-state index contributed by atoms with van der Waals surface area (Å²) in [6.45, 7) is 0.803. The van der Waals surface area contributed by atoms with Gasteiger partial charge in [-0.15, -0.1) is 11.6 Å². The Bertz CT molecular complexity index is 491. The normalized spacial score (nSPS) is 11.3. The highest BCUT2D eigenvalue weighted by Gasteiger charge is 2.18. The Morgan fingerprint density at radius 1 is 0.850 bits per heavy atom. The summed E-state index contributed by atoms with van der Waals surface area (Å²) in [4.78, 5) is 2.22. The molecule has 0 bridgehead atoms. The van der Waals surface area contributed by atoms with E-state index in [2.05, 4.69) is 11.9 Å². The third kappa shape index (κ3) is 3.89. The summed E-state index contributed by atoms with van der Waals surface area (Å²) in [6.07, 6.45) is 0. The van der Waals surface area contributed by atoms with Crippen molar-refractivity contribution in [2.75, 3.05) is 19.5 Å². The molecule has 0 atom stereocenters. The minimum atomic E-state index is 0.142. The predicted molar refractivity (Wildman–Crippen MR) is 88.1 cm³/mol. The van der Waals surface area contributed by atoms with Gasteiger partial charge in [0.15, 0.2) is 0 Å². The van der Waals surface area contributed by atoms with Gasteiger partial charge < -0.3 is 0 Å². The Morgan fingerprint density at radius 3 is 1.60 bits per heavy atom. The van der Waals surface area contributed by atoms with Gasteiger partial charge >= 0.3 is 0 Å². The second-order valence-corrected chi connectivity index (χ2v) is 5.93. The molecule has 2 rings (SSSR count). The van der Waals surface area contributed by atoms with Gasteiger partial charge in [-0.2, -0.15) is 0 Å². The number of nitrogens with zero attached hydrogens (tertiary/aromatic N) is 1. The van der Waals surface area contributed by atoms with Gasteiger partial charge in [0.2, 0.25) is 0 Å². The van der Waals surface area contributed by atoms with E-state index < -0.39 is 0 Å². The fourth-order valence-corrected chi connectivity index (χ4v) is 2.77. The average Bonchev–Trinajstić information content (AvgIpc) is 2.44. The van der Waals surface area contributed by atoms with E-state index in [1.807, 2.05) is 48.5 Å². The standard InChI is InChI=1S/C16H16Cl3N/c1-20(11-10-17)16(12-2-6-14(18)7-3-12)13-4-8-15(19)9-5-13/h2-9,16H,10-11H2,1H3. The van der Waals surface area contributed by atoms with Gasteiger partial charge in [0.05, 0.1) is 6.04 Å². The first-order valence-electron chi connectivity index (χ1n) is 6.39. The second-order valence-electron chi connectivity index (χ2n) is 4.68. The van der Waals surface area contributed by atoms with Gasteiger partial charge in [-0.3, -0.25) is 4.90 Å². The van der Waals surface area contributed by atoms with Crippen LogP contribution in [0.1, 0.15) is 17.2 Å². The number of benzene rings is 2. The molecular weight excluding hydrogens is 313 g/mol. The number of hydrogen-bond acceptors (Lipinski definition) is 1. The van der Waals surface area contributed by atoms with Gasteiger partial charge in [0.25, 0.3) is 0 Å². The highest BCUT2D eigenvalue weighted by atomic mass is 35.5. The monoisotopic (exact) mass is 327 g/mol. The minimum Gasteiger partial charge on any atom is -0.294 e. The molecule has 0 amide bonds. The smallest absolute Gasteiger partial charge is 0.0599 e. The zero-order valence-electron chi connectivity index (χ0n) is 11.2. The zero-order valence-corrected chi connectivity index (χ0v) is 13.5. The largest absolute Gasteiger partial charge is 0.294 e. The van der Waals surface area contributed by atoms with E-state index in [4.69, 9.17) is 34.8 Å². The summed E-state index contributed by atoms with van der Waals surface area (Å²) in [6, 6.07) is 16.0. The third-order valence-electron chi connectivity index (χ3n) is 3.25. The Balaban J connectivity index is 2.38. The van der Waals surface area contributed by atoms with Gasteiger partial charge in [-0.1, -0.05) is 47.5 Å². The summed E-state index contributed by atoms with van der Waals surface area (Å²) >= 11 is 17.8. The molecule has 0 spiro atoms. The molecule has 0 aliphatic carbocycles. The van der Waals surface area contributed by atoms with Gasteiger partial charge in [0.1, 0.15) is 0 Å². The molecule has 0 unspecified atom stereocenters. The first-order valence-corrected chi connectivity index (χ1v) is 7.68. The molecule has 0 aliphatic rings. The summed E-state index contributed by atoms with van der Waals surface area (Å²) in [7, 11) is 2.07. The van der Waals surface area contributed by atoms with E-state index in [0.29, 0.717) is 5.88 Å². The SMILES string of the molecule is CN(CCCl)C(c1ccc(Cl)cc1)c1ccc(Cl)cc1. The van der Waals surface area contributed by atoms with Crippen molar-refractivity contribution in [3.8, 4) is 0 Å². The first-order chi connectivity index (χ1) is 9.61. The Morgan fingerprint density at radius 2 is 1.25 bits per heavy atom. The van der Waals surface area contributed by atoms with Crippen LogP contribution in [-0.2, 0) is 0 Å². The zero-order chi connectivity index (χ0) is 14.5. The van der Waals surface area contributed by atoms with Gasteiger partial charge in [-0.05, 0) is 42.4 Å². The van der Waals surface area contributed by atoms with E-state index >= 15 is 0 Å². The number of alkyl halides is 1. The van der Waals surface area contributed by atoms with Crippen LogP contribution in [0.25, 0.3) is 0 Å². The molecule has 2 aromatic rings. The number of halogens is 3. The molecule has 0 aromatic heterocycles. The fraction of sp³-hybridized carbons (Fsp3) is 0.250. The molecule has 0 aliphatic heterocycles. The van der Waals surface area contributed by atoms with Crippen LogP contribution in [0.4, 0.5) is 0 Å². The van der Waals surface area contributed by atoms with Crippen LogP contribution in [0.5, 0.6) is 0 Å². The van der Waals surface area contributed by atoms with Crippen molar-refractivity contribution in [1.82, 2.24) is 4.90 Å². The molecule has 0 radical (unpaired) electrons. The van der Waals surface area contributed by atoms with Gasteiger partial charge in [0, 0.05) is 22.5 Å². The lowest BCUT2D eigenvalue weighted by Crippen LogP contribution is -2.27. The van der Waals surface area contributed by atoms with Crippen molar-refractivity contribution in [3.63, 3.8) is 0 Å². The summed E-state index contributed by atoms with van der Waals surface area (Å²) < 4.78 is 0. The van der Waals surface area contributed by atoms with Crippen LogP contribution in [0.15, 0.2) is 48.5 Å². The lowest BCUT2D eigenvalue weighted by Gasteiger charge is -2.28. The number of rotatable bonds is 5. The predicted octanol–water partition coefficient (Wildman–Crippen LogP) is 5.25. The summed E-state index contributed by atoms with van der Waals surface area (Å²) in [5.41, 5.74) is 2.37. The van der Waals surface area contributed by atoms with Crippen LogP contribution in [-0.4, -0.2) is 24.4 Å². The van der Waals surface area contributed by atoms with Crippen LogP contribution < -0.4 is 0 Å². The van der Waals surface area contributed by atoms with Crippen molar-refractivity contribution in [2.24, 2.45) is 0 Å². The maximum absolute atomic E-state index is 5.97. The molecular formula is C16H16Cl3N. The maximum atomic E-state index is 5.97. The first kappa shape index (κ1) is 15.7. The van der Waals surface area contributed by atoms with Crippen LogP contribution in [0.3, 0.4) is 0 Å². The van der Waals surface area contributed by atoms with Crippen molar-refractivity contribution >= 4 is 34.8 Å². The highest BCUT2D eigenvalue weighted by Crippen LogP contribution is 2.29. The lowest BCUT2D eigenvalue weighted by molar-refractivity contribution is 0.296. The molecule has 20 heavy (non-hydrogen) atoms. The minimum absolute atomic E-state index is 0.142. The number of hydrogen-bond donors (Lipinski definition) is 0. The molecule has 4 heteroatoms. The van der Waals surface area contributed by atoms with E-state index in [-0.39, 0.29) is 6.04 Å². The Labute approximate surface area is 135 Å². The van der Waals surface area contributed by atoms with E-state index in [9.17, 15) is 0 Å². The van der Waals surface area contributed by atoms with Crippen molar-refractivity contribution in [2.45, 2.75) is 6.04 Å². The van der Waals surface area contributed by atoms with Gasteiger partial charge in [-0.25, -0.2) is 0 Å². The molecule has 0 heterocycles. The van der Waals surface area contributed by atoms with Crippen molar-refractivity contribution < 1.29 is 0 Å². The molecule has 0 N–H and O–H groups in total. The highest BCUT2D eigenvalue weighted by molar-refractivity contribution is 6.30. The van der Waals surface area contributed by atoms with E-state index in [1.54, 1.807) is 0 Å². The molecule has 0 fully saturated rings. The lowest BCUT2D eigenvalue weighted by atomic mass is 9.97. The Hall–Kier alpha value is -0.730. The van der Waals surface area contributed by atoms with Crippen molar-refractivity contribution in [3.05, 3.63) is 69.7 Å². The molecule has 2 aromatic carbocycles. The second kappa shape index (κ2) is 7.33. The summed E-state index contributed by atoms with van der Waals surface area (Å²) in [5, 5.41) is 1.48. The van der Waals surface area contributed by atoms with Crippen LogP contribution in [0.2, 0.25) is 10.0 Å². The third-order valence-corrected chi connectivity index (χ3v) is 3.92. The van der Waals surface area contributed by atoms with E-state index in [1.165, 1.54) is 11.1 Å². The Kier molecular flexibility index (Phi) is 5.74. The summed E-state index contributed by atoms with van der Waals surface area (Å²) in [5.74, 6) is 0.591.